The van der Waals surface area contributed by atoms with Gasteiger partial charge in [0.2, 0.25) is 0 Å². The van der Waals surface area contributed by atoms with Crippen LogP contribution in [-0.4, -0.2) is 65.7 Å². The predicted molar refractivity (Wildman–Crippen MR) is 121 cm³/mol. The van der Waals surface area contributed by atoms with Gasteiger partial charge in [0.1, 0.15) is 0 Å². The lowest BCUT2D eigenvalue weighted by Crippen LogP contribution is -2.41. The summed E-state index contributed by atoms with van der Waals surface area (Å²) in [5, 5.41) is 2.84. The number of nitrogens with zero attached hydrogens (tertiary/aromatic N) is 2. The lowest BCUT2D eigenvalue weighted by molar-refractivity contribution is -0.116. The Bertz CT molecular complexity index is 1080. The molecule has 2 heterocycles. The minimum absolute atomic E-state index is 0.203. The number of ether oxygens (including phenoxy) is 1. The van der Waals surface area contributed by atoms with Gasteiger partial charge in [0.25, 0.3) is 15.9 Å². The number of amides is 1. The second kappa shape index (κ2) is 9.21. The molecule has 1 fully saturated rings. The average Bonchev–Trinajstić information content (AvgIpc) is 2.80. The van der Waals surface area contributed by atoms with E-state index in [4.69, 9.17) is 4.74 Å². The quantitative estimate of drug-likeness (QED) is 0.695. The van der Waals surface area contributed by atoms with Crippen LogP contribution >= 0.6 is 0 Å². The predicted octanol–water partition coefficient (Wildman–Crippen LogP) is 2.06. The van der Waals surface area contributed by atoms with Gasteiger partial charge in [-0.25, -0.2) is 8.42 Å². The summed E-state index contributed by atoms with van der Waals surface area (Å²) < 4.78 is 33.3. The molecule has 4 rings (SSSR count). The van der Waals surface area contributed by atoms with Crippen LogP contribution in [0.15, 0.2) is 59.5 Å². The topological polar surface area (TPSA) is 79.0 Å². The molecule has 2 aromatic carbocycles. The highest BCUT2D eigenvalue weighted by Crippen LogP contribution is 2.41. The van der Waals surface area contributed by atoms with Crippen molar-refractivity contribution in [1.29, 1.82) is 0 Å². The van der Waals surface area contributed by atoms with Crippen LogP contribution in [0.25, 0.3) is 5.57 Å². The number of morpholine rings is 1. The Morgan fingerprint density at radius 2 is 1.71 bits per heavy atom. The lowest BCUT2D eigenvalue weighted by atomic mass is 9.95. The van der Waals surface area contributed by atoms with Crippen LogP contribution in [0.1, 0.15) is 17.5 Å². The van der Waals surface area contributed by atoms with Crippen LogP contribution in [0.5, 0.6) is 0 Å². The van der Waals surface area contributed by atoms with Gasteiger partial charge in [-0.1, -0.05) is 48.5 Å². The zero-order valence-corrected chi connectivity index (χ0v) is 18.4. The third-order valence-electron chi connectivity index (χ3n) is 5.67. The average molecular weight is 442 g/mol. The molecule has 31 heavy (non-hydrogen) atoms. The number of nitrogens with one attached hydrogen (secondary N) is 1. The molecule has 2 aliphatic rings. The zero-order valence-electron chi connectivity index (χ0n) is 17.6. The minimum atomic E-state index is -4.00. The van der Waals surface area contributed by atoms with Crippen molar-refractivity contribution in [1.82, 2.24) is 10.2 Å². The molecule has 2 aromatic rings. The van der Waals surface area contributed by atoms with Gasteiger partial charge < -0.3 is 10.1 Å². The Kier molecular flexibility index (Phi) is 6.41. The summed E-state index contributed by atoms with van der Waals surface area (Å²) in [5.74, 6) is -0.567. The molecule has 0 atom stereocenters. The van der Waals surface area contributed by atoms with Crippen molar-refractivity contribution in [3.05, 3.63) is 70.6 Å². The molecule has 0 unspecified atom stereocenters. The Labute approximate surface area is 183 Å². The number of sulfonamides is 1. The first-order chi connectivity index (χ1) is 15.0. The van der Waals surface area contributed by atoms with Crippen molar-refractivity contribution >= 4 is 27.2 Å². The van der Waals surface area contributed by atoms with Gasteiger partial charge in [-0.2, -0.15) is 0 Å². The maximum absolute atomic E-state index is 13.4. The van der Waals surface area contributed by atoms with Crippen LogP contribution in [0.2, 0.25) is 0 Å². The Morgan fingerprint density at radius 3 is 2.45 bits per heavy atom. The van der Waals surface area contributed by atoms with E-state index in [1.54, 1.807) is 12.1 Å². The second-order valence-electron chi connectivity index (χ2n) is 7.62. The van der Waals surface area contributed by atoms with E-state index in [0.717, 1.165) is 44.8 Å². The molecule has 1 saturated heterocycles. The van der Waals surface area contributed by atoms with E-state index in [1.807, 2.05) is 42.5 Å². The molecule has 7 nitrogen and oxygen atoms in total. The van der Waals surface area contributed by atoms with E-state index >= 15 is 0 Å². The van der Waals surface area contributed by atoms with Gasteiger partial charge in [-0.05, 0) is 24.6 Å². The largest absolute Gasteiger partial charge is 0.379 e. The molecule has 1 amide bonds. The number of carbonyl (C=O) groups is 1. The summed E-state index contributed by atoms with van der Waals surface area (Å²) in [7, 11) is -2.51. The van der Waals surface area contributed by atoms with E-state index in [9.17, 15) is 13.2 Å². The van der Waals surface area contributed by atoms with Crippen LogP contribution < -0.4 is 9.62 Å². The fourth-order valence-electron chi connectivity index (χ4n) is 4.01. The number of hydrogen-bond acceptors (Lipinski definition) is 5. The van der Waals surface area contributed by atoms with Gasteiger partial charge in [-0.3, -0.25) is 14.0 Å². The summed E-state index contributed by atoms with van der Waals surface area (Å²) in [6, 6.07) is 16.5. The normalized spacial score (nSPS) is 18.5. The molecule has 164 valence electrons. The van der Waals surface area contributed by atoms with E-state index in [0.29, 0.717) is 23.4 Å². The van der Waals surface area contributed by atoms with Gasteiger partial charge >= 0.3 is 0 Å². The molecule has 2 aliphatic heterocycles. The fourth-order valence-corrected chi connectivity index (χ4v) is 5.49. The number of benzene rings is 2. The molecule has 0 spiro atoms. The monoisotopic (exact) mass is 441 g/mol. The summed E-state index contributed by atoms with van der Waals surface area (Å²) in [5.41, 5.74) is 2.43. The van der Waals surface area contributed by atoms with Gasteiger partial charge in [0, 0.05) is 37.8 Å². The highest BCUT2D eigenvalue weighted by molar-refractivity contribution is 7.97. The van der Waals surface area contributed by atoms with E-state index in [2.05, 4.69) is 10.2 Å². The third-order valence-corrected chi connectivity index (χ3v) is 7.49. The van der Waals surface area contributed by atoms with Crippen molar-refractivity contribution in [3.8, 4) is 0 Å². The van der Waals surface area contributed by atoms with Gasteiger partial charge in [-0.15, -0.1) is 0 Å². The first-order valence-electron chi connectivity index (χ1n) is 10.5. The third kappa shape index (κ3) is 4.37. The minimum Gasteiger partial charge on any atom is -0.379 e. The summed E-state index contributed by atoms with van der Waals surface area (Å²) in [4.78, 5) is 15.3. The van der Waals surface area contributed by atoms with Crippen LogP contribution in [0.3, 0.4) is 0 Å². The fraction of sp³-hybridized carbons (Fsp3) is 0.348. The van der Waals surface area contributed by atoms with Gasteiger partial charge in [0.05, 0.1) is 18.9 Å². The van der Waals surface area contributed by atoms with E-state index in [1.165, 1.54) is 11.4 Å². The van der Waals surface area contributed by atoms with Crippen molar-refractivity contribution < 1.29 is 17.9 Å². The zero-order chi connectivity index (χ0) is 21.8. The Balaban J connectivity index is 1.64. The lowest BCUT2D eigenvalue weighted by Gasteiger charge is -2.31. The number of hydrogen-bond donors (Lipinski definition) is 1. The van der Waals surface area contributed by atoms with Crippen LogP contribution in [0, 0.1) is 0 Å². The van der Waals surface area contributed by atoms with E-state index in [-0.39, 0.29) is 4.91 Å². The maximum atomic E-state index is 13.4. The molecule has 0 aromatic heterocycles. The Morgan fingerprint density at radius 1 is 1.03 bits per heavy atom. The van der Waals surface area contributed by atoms with Crippen LogP contribution in [-0.2, 0) is 19.6 Å². The highest BCUT2D eigenvalue weighted by atomic mass is 32.2. The van der Waals surface area contributed by atoms with E-state index < -0.39 is 15.9 Å². The molecule has 1 N–H and O–H groups in total. The standard InChI is InChI=1S/C23H27N3O4S/c1-25-20-11-6-5-10-19(20)21(18-8-3-2-4-9-18)22(31(25,28)29)23(27)24-12-7-13-26-14-16-30-17-15-26/h2-6,8-11H,7,12-17H2,1H3,(H,24,27). The van der Waals surface area contributed by atoms with Crippen molar-refractivity contribution in [2.75, 3.05) is 50.7 Å². The molecule has 0 saturated carbocycles. The summed E-state index contributed by atoms with van der Waals surface area (Å²) in [6.45, 7) is 4.46. The summed E-state index contributed by atoms with van der Waals surface area (Å²) >= 11 is 0. The molecule has 0 bridgehead atoms. The smallest absolute Gasteiger partial charge is 0.270 e. The summed E-state index contributed by atoms with van der Waals surface area (Å²) in [6.07, 6.45) is 0.742. The number of carbonyl (C=O) groups excluding carboxylic acids is 1. The second-order valence-corrected chi connectivity index (χ2v) is 9.53. The molecule has 0 aliphatic carbocycles. The number of rotatable bonds is 6. The number of anilines is 1. The molecule has 8 heteroatoms. The first-order valence-corrected chi connectivity index (χ1v) is 11.9. The van der Waals surface area contributed by atoms with Crippen molar-refractivity contribution in [2.24, 2.45) is 0 Å². The van der Waals surface area contributed by atoms with Gasteiger partial charge in [0.15, 0.2) is 4.91 Å². The molecule has 0 radical (unpaired) electrons. The first kappa shape index (κ1) is 21.5. The highest BCUT2D eigenvalue weighted by Gasteiger charge is 2.39. The van der Waals surface area contributed by atoms with Crippen LogP contribution in [0.4, 0.5) is 5.69 Å². The number of para-hydroxylation sites is 1. The molecular weight excluding hydrogens is 414 g/mol. The Hall–Kier alpha value is -2.68. The molecular formula is C23H27N3O4S. The number of fused-ring (bicyclic) bond motifs is 1. The van der Waals surface area contributed by atoms with Crippen molar-refractivity contribution in [2.45, 2.75) is 6.42 Å². The van der Waals surface area contributed by atoms with Crippen molar-refractivity contribution in [3.63, 3.8) is 0 Å². The maximum Gasteiger partial charge on any atom is 0.270 e. The SMILES string of the molecule is CN1c2ccccc2C(c2ccccc2)=C(C(=O)NCCCN2CCOCC2)S1(=O)=O.